The highest BCUT2D eigenvalue weighted by molar-refractivity contribution is 5.54. The fourth-order valence-electron chi connectivity index (χ4n) is 2.34. The van der Waals surface area contributed by atoms with Crippen LogP contribution in [0.25, 0.3) is 0 Å². The van der Waals surface area contributed by atoms with Crippen LogP contribution in [0.4, 0.5) is 26.2 Å². The summed E-state index contributed by atoms with van der Waals surface area (Å²) in [6.07, 6.45) is 4.90. The molecule has 0 fully saturated rings. The third-order valence-electron chi connectivity index (χ3n) is 3.68. The van der Waals surface area contributed by atoms with E-state index in [1.54, 1.807) is 30.2 Å². The zero-order valence-electron chi connectivity index (χ0n) is 14.1. The van der Waals surface area contributed by atoms with E-state index >= 15 is 0 Å². The van der Waals surface area contributed by atoms with Crippen molar-refractivity contribution >= 4 is 17.5 Å². The minimum Gasteiger partial charge on any atom is -0.394 e. The summed E-state index contributed by atoms with van der Waals surface area (Å²) in [6.45, 7) is 2.13. The van der Waals surface area contributed by atoms with E-state index in [-0.39, 0.29) is 18.7 Å². The van der Waals surface area contributed by atoms with Crippen molar-refractivity contribution < 1.29 is 13.9 Å². The highest BCUT2D eigenvalue weighted by Crippen LogP contribution is 2.19. The van der Waals surface area contributed by atoms with Gasteiger partial charge < -0.3 is 15.7 Å². The van der Waals surface area contributed by atoms with Crippen LogP contribution in [0, 0.1) is 18.6 Å². The molecule has 3 aromatic rings. The number of aliphatic hydroxyl groups is 1. The van der Waals surface area contributed by atoms with Crippen molar-refractivity contribution in [2.75, 3.05) is 17.2 Å². The molecule has 0 aliphatic rings. The molecule has 0 spiro atoms. The van der Waals surface area contributed by atoms with Gasteiger partial charge in [0.2, 0.25) is 5.95 Å². The Morgan fingerprint density at radius 2 is 1.96 bits per heavy atom. The second kappa shape index (κ2) is 7.87. The second-order valence-electron chi connectivity index (χ2n) is 5.62. The first kappa shape index (κ1) is 17.7. The number of halogens is 2. The van der Waals surface area contributed by atoms with Gasteiger partial charge in [0.1, 0.15) is 17.5 Å². The van der Waals surface area contributed by atoms with Gasteiger partial charge in [-0.25, -0.2) is 13.8 Å². The standard InChI is InChI=1S/C17H18F2N6O/c1-11-7-21-17(23-12-8-22-25(10-12)5-6-26)24-16(11)20-9-13-14(18)3-2-4-15(13)19/h2-4,7-8,10,26H,5-6,9H2,1H3,(H2,20,21,23,24). The Morgan fingerprint density at radius 1 is 1.19 bits per heavy atom. The van der Waals surface area contributed by atoms with Crippen LogP contribution in [0.3, 0.4) is 0 Å². The lowest BCUT2D eigenvalue weighted by molar-refractivity contribution is 0.269. The molecule has 0 atom stereocenters. The number of nitrogens with zero attached hydrogens (tertiary/aromatic N) is 4. The lowest BCUT2D eigenvalue weighted by Crippen LogP contribution is -2.08. The third-order valence-corrected chi connectivity index (χ3v) is 3.68. The van der Waals surface area contributed by atoms with Gasteiger partial charge in [0.05, 0.1) is 25.0 Å². The van der Waals surface area contributed by atoms with Crippen LogP contribution in [-0.2, 0) is 13.1 Å². The zero-order chi connectivity index (χ0) is 18.5. The summed E-state index contributed by atoms with van der Waals surface area (Å²) < 4.78 is 29.0. The summed E-state index contributed by atoms with van der Waals surface area (Å²) in [6, 6.07) is 3.75. The van der Waals surface area contributed by atoms with Gasteiger partial charge in [-0.3, -0.25) is 4.68 Å². The van der Waals surface area contributed by atoms with Crippen molar-refractivity contribution in [2.24, 2.45) is 0 Å². The Labute approximate surface area is 148 Å². The van der Waals surface area contributed by atoms with Crippen molar-refractivity contribution in [1.82, 2.24) is 19.7 Å². The van der Waals surface area contributed by atoms with Crippen LogP contribution in [0.2, 0.25) is 0 Å². The lowest BCUT2D eigenvalue weighted by Gasteiger charge is -2.11. The number of anilines is 3. The fourth-order valence-corrected chi connectivity index (χ4v) is 2.34. The molecule has 2 aromatic heterocycles. The minimum atomic E-state index is -0.612. The Hall–Kier alpha value is -3.07. The summed E-state index contributed by atoms with van der Waals surface area (Å²) in [5.41, 5.74) is 1.35. The van der Waals surface area contributed by atoms with Gasteiger partial charge in [0.25, 0.3) is 0 Å². The molecule has 0 aliphatic heterocycles. The van der Waals surface area contributed by atoms with Gasteiger partial charge in [0.15, 0.2) is 0 Å². The van der Waals surface area contributed by atoms with Crippen molar-refractivity contribution in [3.05, 3.63) is 59.6 Å². The van der Waals surface area contributed by atoms with Crippen LogP contribution in [0.5, 0.6) is 0 Å². The zero-order valence-corrected chi connectivity index (χ0v) is 14.1. The summed E-state index contributed by atoms with van der Waals surface area (Å²) in [5, 5.41) is 18.9. The minimum absolute atomic E-state index is 0.0111. The van der Waals surface area contributed by atoms with E-state index in [4.69, 9.17) is 5.11 Å². The molecule has 9 heteroatoms. The summed E-state index contributed by atoms with van der Waals surface area (Å²) in [7, 11) is 0. The van der Waals surface area contributed by atoms with E-state index in [9.17, 15) is 8.78 Å². The third kappa shape index (κ3) is 4.12. The summed E-state index contributed by atoms with van der Waals surface area (Å²) in [4.78, 5) is 8.52. The van der Waals surface area contributed by atoms with Crippen LogP contribution in [-0.4, -0.2) is 31.5 Å². The van der Waals surface area contributed by atoms with E-state index < -0.39 is 11.6 Å². The highest BCUT2D eigenvalue weighted by Gasteiger charge is 2.10. The first-order valence-electron chi connectivity index (χ1n) is 7.97. The van der Waals surface area contributed by atoms with Gasteiger partial charge in [-0.05, 0) is 19.1 Å². The molecule has 0 radical (unpaired) electrons. The number of hydrogen-bond donors (Lipinski definition) is 3. The first-order valence-corrected chi connectivity index (χ1v) is 7.97. The van der Waals surface area contributed by atoms with Gasteiger partial charge in [0, 0.05) is 30.1 Å². The molecule has 2 heterocycles. The number of aryl methyl sites for hydroxylation is 1. The number of aliphatic hydroxyl groups excluding tert-OH is 1. The van der Waals surface area contributed by atoms with E-state index in [0.717, 1.165) is 5.56 Å². The van der Waals surface area contributed by atoms with E-state index in [1.165, 1.54) is 18.2 Å². The van der Waals surface area contributed by atoms with Crippen LogP contribution >= 0.6 is 0 Å². The normalized spacial score (nSPS) is 10.8. The largest absolute Gasteiger partial charge is 0.394 e. The van der Waals surface area contributed by atoms with Crippen LogP contribution in [0.15, 0.2) is 36.8 Å². The quantitative estimate of drug-likeness (QED) is 0.600. The number of hydrogen-bond acceptors (Lipinski definition) is 6. The molecule has 0 saturated heterocycles. The predicted octanol–water partition coefficient (Wildman–Crippen LogP) is 2.61. The molecule has 3 rings (SSSR count). The van der Waals surface area contributed by atoms with Gasteiger partial charge in [-0.1, -0.05) is 6.07 Å². The van der Waals surface area contributed by atoms with E-state index in [2.05, 4.69) is 25.7 Å². The first-order chi connectivity index (χ1) is 12.6. The Balaban J connectivity index is 1.73. The number of aromatic nitrogens is 4. The smallest absolute Gasteiger partial charge is 0.229 e. The van der Waals surface area contributed by atoms with Gasteiger partial charge in [-0.2, -0.15) is 10.1 Å². The molecule has 7 nitrogen and oxygen atoms in total. The number of nitrogens with one attached hydrogen (secondary N) is 2. The van der Waals surface area contributed by atoms with Crippen molar-refractivity contribution in [1.29, 1.82) is 0 Å². The SMILES string of the molecule is Cc1cnc(Nc2cnn(CCO)c2)nc1NCc1c(F)cccc1F. The maximum atomic E-state index is 13.7. The Bertz CT molecular complexity index is 878. The van der Waals surface area contributed by atoms with E-state index in [0.29, 0.717) is 24.0 Å². The molecule has 0 bridgehead atoms. The molecule has 0 amide bonds. The molecular formula is C17H18F2N6O. The fraction of sp³-hybridized carbons (Fsp3) is 0.235. The second-order valence-corrected chi connectivity index (χ2v) is 5.62. The molecule has 0 aliphatic carbocycles. The molecule has 26 heavy (non-hydrogen) atoms. The highest BCUT2D eigenvalue weighted by atomic mass is 19.1. The summed E-state index contributed by atoms with van der Waals surface area (Å²) in [5.74, 6) is -0.443. The maximum Gasteiger partial charge on any atom is 0.229 e. The number of benzene rings is 1. The molecule has 3 N–H and O–H groups in total. The van der Waals surface area contributed by atoms with Crippen molar-refractivity contribution in [3.8, 4) is 0 Å². The van der Waals surface area contributed by atoms with Crippen molar-refractivity contribution in [2.45, 2.75) is 20.0 Å². The molecular weight excluding hydrogens is 342 g/mol. The summed E-state index contributed by atoms with van der Waals surface area (Å²) >= 11 is 0. The molecule has 136 valence electrons. The average Bonchev–Trinajstić information content (AvgIpc) is 3.04. The lowest BCUT2D eigenvalue weighted by atomic mass is 10.2. The van der Waals surface area contributed by atoms with E-state index in [1.807, 2.05) is 0 Å². The van der Waals surface area contributed by atoms with Crippen LogP contribution < -0.4 is 10.6 Å². The Kier molecular flexibility index (Phi) is 5.37. The average molecular weight is 360 g/mol. The van der Waals surface area contributed by atoms with Crippen LogP contribution in [0.1, 0.15) is 11.1 Å². The predicted molar refractivity (Wildman–Crippen MR) is 93.0 cm³/mol. The Morgan fingerprint density at radius 3 is 2.69 bits per heavy atom. The monoisotopic (exact) mass is 360 g/mol. The molecule has 1 aromatic carbocycles. The van der Waals surface area contributed by atoms with Gasteiger partial charge >= 0.3 is 0 Å². The molecule has 0 saturated carbocycles. The maximum absolute atomic E-state index is 13.7. The topological polar surface area (TPSA) is 87.9 Å². The molecule has 0 unspecified atom stereocenters. The number of rotatable bonds is 7. The van der Waals surface area contributed by atoms with Gasteiger partial charge in [-0.15, -0.1) is 0 Å². The van der Waals surface area contributed by atoms with Crippen molar-refractivity contribution in [3.63, 3.8) is 0 Å².